The average Bonchev–Trinajstić information content (AvgIpc) is 1.90. The highest BCUT2D eigenvalue weighted by Crippen LogP contribution is 2.08. The summed E-state index contributed by atoms with van der Waals surface area (Å²) in [6.07, 6.45) is -0.457. The van der Waals surface area contributed by atoms with Crippen LogP contribution in [0.4, 0.5) is 0 Å². The fourth-order valence-corrected chi connectivity index (χ4v) is 1.15. The molecule has 0 aromatic rings. The van der Waals surface area contributed by atoms with E-state index in [1.165, 1.54) is 0 Å². The summed E-state index contributed by atoms with van der Waals surface area (Å²) in [6.45, 7) is 7.53. The molecule has 0 rings (SSSR count). The first kappa shape index (κ1) is 10.2. The monoisotopic (exact) mass is 165 g/mol. The number of likely N-dealkylation sites (N-methyl/N-ethyl adjacent to an activating group) is 1. The van der Waals surface area contributed by atoms with Crippen LogP contribution in [0.15, 0.2) is 0 Å². The second-order valence-electron chi connectivity index (χ2n) is 2.33. The third kappa shape index (κ3) is 2.86. The van der Waals surface area contributed by atoms with E-state index < -0.39 is 6.10 Å². The van der Waals surface area contributed by atoms with Crippen LogP contribution in [0.5, 0.6) is 0 Å². The van der Waals surface area contributed by atoms with Gasteiger partial charge in [0.25, 0.3) is 0 Å². The quantitative estimate of drug-likeness (QED) is 0.501. The van der Waals surface area contributed by atoms with Crippen molar-refractivity contribution in [1.29, 1.82) is 0 Å². The summed E-state index contributed by atoms with van der Waals surface area (Å²) in [5.74, 6) is 0. The van der Waals surface area contributed by atoms with Crippen molar-refractivity contribution >= 4 is 11.6 Å². The summed E-state index contributed by atoms with van der Waals surface area (Å²) in [5, 5.41) is 9.08. The number of nitrogens with zero attached hydrogens (tertiary/aromatic N) is 1. The first-order chi connectivity index (χ1) is 4.63. The van der Waals surface area contributed by atoms with Crippen LogP contribution in [-0.4, -0.2) is 34.7 Å². The maximum Gasteiger partial charge on any atom is 0.111 e. The molecule has 0 bridgehead atoms. The molecule has 62 valence electrons. The van der Waals surface area contributed by atoms with Gasteiger partial charge in [-0.05, 0) is 20.0 Å². The molecule has 2 nitrogen and oxygen atoms in total. The van der Waals surface area contributed by atoms with Crippen LogP contribution in [0.1, 0.15) is 20.8 Å². The van der Waals surface area contributed by atoms with Crippen molar-refractivity contribution < 1.29 is 5.11 Å². The first-order valence-corrected chi connectivity index (χ1v) is 4.13. The highest BCUT2D eigenvalue weighted by atomic mass is 35.5. The van der Waals surface area contributed by atoms with Gasteiger partial charge in [-0.25, -0.2) is 0 Å². The van der Waals surface area contributed by atoms with Gasteiger partial charge in [0, 0.05) is 0 Å². The number of aliphatic hydroxyl groups is 1. The summed E-state index contributed by atoms with van der Waals surface area (Å²) in [6, 6.07) is 0. The van der Waals surface area contributed by atoms with Crippen LogP contribution >= 0.6 is 11.6 Å². The zero-order valence-electron chi connectivity index (χ0n) is 6.84. The van der Waals surface area contributed by atoms with Gasteiger partial charge in [-0.2, -0.15) is 0 Å². The molecule has 0 fully saturated rings. The molecule has 2 atom stereocenters. The predicted octanol–water partition coefficient (Wildman–Crippen LogP) is 1.27. The zero-order chi connectivity index (χ0) is 8.15. The van der Waals surface area contributed by atoms with Gasteiger partial charge in [0.2, 0.25) is 0 Å². The van der Waals surface area contributed by atoms with Crippen molar-refractivity contribution in [1.82, 2.24) is 4.90 Å². The van der Waals surface area contributed by atoms with Crippen molar-refractivity contribution in [2.75, 3.05) is 13.1 Å². The molecular weight excluding hydrogens is 150 g/mol. The lowest BCUT2D eigenvalue weighted by Crippen LogP contribution is -2.38. The highest BCUT2D eigenvalue weighted by Gasteiger charge is 2.16. The van der Waals surface area contributed by atoms with E-state index >= 15 is 0 Å². The molecular formula is C7H16ClNO. The van der Waals surface area contributed by atoms with E-state index in [2.05, 4.69) is 0 Å². The third-order valence-corrected chi connectivity index (χ3v) is 2.20. The van der Waals surface area contributed by atoms with Crippen molar-refractivity contribution in [2.24, 2.45) is 0 Å². The minimum atomic E-state index is -0.457. The lowest BCUT2D eigenvalue weighted by molar-refractivity contribution is 0.110. The Kier molecular flexibility index (Phi) is 5.04. The van der Waals surface area contributed by atoms with Gasteiger partial charge in [-0.15, -0.1) is 11.6 Å². The van der Waals surface area contributed by atoms with E-state index in [1.54, 1.807) is 6.92 Å². The Labute approximate surface area is 67.8 Å². The summed E-state index contributed by atoms with van der Waals surface area (Å²) in [5.41, 5.74) is -0.241. The Morgan fingerprint density at radius 1 is 1.40 bits per heavy atom. The summed E-state index contributed by atoms with van der Waals surface area (Å²) >= 11 is 5.86. The molecule has 0 aliphatic heterocycles. The predicted molar refractivity (Wildman–Crippen MR) is 44.2 cm³/mol. The number of halogens is 1. The van der Waals surface area contributed by atoms with Gasteiger partial charge in [0.05, 0.1) is 6.10 Å². The van der Waals surface area contributed by atoms with Crippen LogP contribution in [-0.2, 0) is 0 Å². The van der Waals surface area contributed by atoms with Crippen LogP contribution in [0, 0.1) is 0 Å². The lowest BCUT2D eigenvalue weighted by atomic mass is 10.3. The van der Waals surface area contributed by atoms with Gasteiger partial charge in [0.1, 0.15) is 5.50 Å². The molecule has 1 N–H and O–H groups in total. The first-order valence-electron chi connectivity index (χ1n) is 3.69. The van der Waals surface area contributed by atoms with E-state index in [0.717, 1.165) is 13.1 Å². The van der Waals surface area contributed by atoms with Gasteiger partial charge in [-0.3, -0.25) is 4.90 Å². The number of rotatable bonds is 4. The van der Waals surface area contributed by atoms with E-state index in [0.29, 0.717) is 0 Å². The maximum absolute atomic E-state index is 9.08. The Bertz CT molecular complexity index is 83.7. The number of aliphatic hydroxyl groups excluding tert-OH is 1. The second-order valence-corrected chi connectivity index (χ2v) is 2.78. The Balaban J connectivity index is 3.76. The topological polar surface area (TPSA) is 23.5 Å². The lowest BCUT2D eigenvalue weighted by Gasteiger charge is -2.26. The smallest absolute Gasteiger partial charge is 0.111 e. The zero-order valence-corrected chi connectivity index (χ0v) is 7.60. The maximum atomic E-state index is 9.08. The second kappa shape index (κ2) is 4.94. The van der Waals surface area contributed by atoms with E-state index in [-0.39, 0.29) is 5.50 Å². The molecule has 10 heavy (non-hydrogen) atoms. The molecule has 0 saturated heterocycles. The SMILES string of the molecule is CCN(CC)C(Cl)C(C)O. The van der Waals surface area contributed by atoms with Crippen LogP contribution in [0.3, 0.4) is 0 Å². The summed E-state index contributed by atoms with van der Waals surface area (Å²) in [7, 11) is 0. The highest BCUT2D eigenvalue weighted by molar-refractivity contribution is 6.20. The van der Waals surface area contributed by atoms with Gasteiger partial charge < -0.3 is 5.11 Å². The molecule has 0 radical (unpaired) electrons. The van der Waals surface area contributed by atoms with E-state index in [1.807, 2.05) is 18.7 Å². The van der Waals surface area contributed by atoms with Crippen LogP contribution in [0.2, 0.25) is 0 Å². The Morgan fingerprint density at radius 3 is 1.90 bits per heavy atom. The summed E-state index contributed by atoms with van der Waals surface area (Å²) < 4.78 is 0. The summed E-state index contributed by atoms with van der Waals surface area (Å²) in [4.78, 5) is 2.01. The molecule has 0 aliphatic rings. The Morgan fingerprint density at radius 2 is 1.80 bits per heavy atom. The van der Waals surface area contributed by atoms with Gasteiger partial charge >= 0.3 is 0 Å². The van der Waals surface area contributed by atoms with E-state index in [4.69, 9.17) is 16.7 Å². The van der Waals surface area contributed by atoms with Gasteiger partial charge in [-0.1, -0.05) is 13.8 Å². The molecule has 0 aromatic carbocycles. The van der Waals surface area contributed by atoms with Crippen molar-refractivity contribution in [3.8, 4) is 0 Å². The number of alkyl halides is 1. The standard InChI is InChI=1S/C7H16ClNO/c1-4-9(5-2)7(8)6(3)10/h6-7,10H,4-5H2,1-3H3. The fraction of sp³-hybridized carbons (Fsp3) is 1.00. The molecule has 0 spiro atoms. The molecule has 0 amide bonds. The van der Waals surface area contributed by atoms with Crippen molar-refractivity contribution in [3.63, 3.8) is 0 Å². The number of hydrogen-bond acceptors (Lipinski definition) is 2. The minimum absolute atomic E-state index is 0.241. The number of hydrogen-bond donors (Lipinski definition) is 1. The van der Waals surface area contributed by atoms with E-state index in [9.17, 15) is 0 Å². The molecule has 0 aromatic heterocycles. The van der Waals surface area contributed by atoms with Crippen molar-refractivity contribution in [2.45, 2.75) is 32.4 Å². The molecule has 0 saturated carbocycles. The van der Waals surface area contributed by atoms with Crippen LogP contribution in [0.25, 0.3) is 0 Å². The van der Waals surface area contributed by atoms with Gasteiger partial charge in [0.15, 0.2) is 0 Å². The Hall–Kier alpha value is 0.210. The third-order valence-electron chi connectivity index (χ3n) is 1.56. The normalized spacial score (nSPS) is 17.4. The average molecular weight is 166 g/mol. The fourth-order valence-electron chi connectivity index (χ4n) is 0.878. The molecule has 2 unspecified atom stereocenters. The van der Waals surface area contributed by atoms with Crippen LogP contribution < -0.4 is 0 Å². The molecule has 3 heteroatoms. The minimum Gasteiger partial charge on any atom is -0.390 e. The largest absolute Gasteiger partial charge is 0.390 e. The van der Waals surface area contributed by atoms with Crippen molar-refractivity contribution in [3.05, 3.63) is 0 Å². The molecule has 0 aliphatic carbocycles. The molecule has 0 heterocycles.